The highest BCUT2D eigenvalue weighted by Gasteiger charge is 2.19. The number of carbonyl (C=O) groups is 2. The smallest absolute Gasteiger partial charge is 0.341 e. The van der Waals surface area contributed by atoms with E-state index in [1.807, 2.05) is 13.8 Å². The number of ether oxygens (including phenoxy) is 1. The molecule has 0 spiro atoms. The van der Waals surface area contributed by atoms with Crippen molar-refractivity contribution in [2.24, 2.45) is 0 Å². The first-order chi connectivity index (χ1) is 9.99. The molecule has 6 heteroatoms. The van der Waals surface area contributed by atoms with Crippen LogP contribution in [0.2, 0.25) is 0 Å². The fourth-order valence-corrected chi connectivity index (χ4v) is 1.85. The second-order valence-corrected chi connectivity index (χ2v) is 6.23. The summed E-state index contributed by atoms with van der Waals surface area (Å²) in [6.45, 7) is 8.52. The molecule has 1 heterocycles. The normalized spacial score (nSPS) is 11.0. The first-order valence-corrected chi connectivity index (χ1v) is 6.84. The summed E-state index contributed by atoms with van der Waals surface area (Å²) in [5, 5.41) is 9.12. The van der Waals surface area contributed by atoms with Crippen molar-refractivity contribution in [3.8, 4) is 0 Å². The van der Waals surface area contributed by atoms with Crippen LogP contribution in [0.4, 0.5) is 0 Å². The quantitative estimate of drug-likeness (QED) is 0.863. The average Bonchev–Trinajstić information content (AvgIpc) is 2.29. The predicted octanol–water partition coefficient (Wildman–Crippen LogP) is 2.31. The van der Waals surface area contributed by atoms with Crippen LogP contribution in [-0.4, -0.2) is 27.2 Å². The SMILES string of the molecule is CC(C)=Cc1cc(C(=O)O)c(=O)n(CC(=O)OC(C)(C)C)c1. The lowest BCUT2D eigenvalue weighted by Gasteiger charge is -2.20. The fraction of sp³-hybridized carbons (Fsp3) is 0.438. The molecule has 0 atom stereocenters. The highest BCUT2D eigenvalue weighted by atomic mass is 16.6. The van der Waals surface area contributed by atoms with Gasteiger partial charge in [0.2, 0.25) is 0 Å². The van der Waals surface area contributed by atoms with Gasteiger partial charge in [-0.2, -0.15) is 0 Å². The summed E-state index contributed by atoms with van der Waals surface area (Å²) in [6.07, 6.45) is 3.18. The lowest BCUT2D eigenvalue weighted by Crippen LogP contribution is -2.32. The largest absolute Gasteiger partial charge is 0.477 e. The molecule has 0 saturated carbocycles. The Morgan fingerprint density at radius 1 is 1.32 bits per heavy atom. The van der Waals surface area contributed by atoms with Crippen molar-refractivity contribution in [3.05, 3.63) is 39.3 Å². The molecule has 1 rings (SSSR count). The molecule has 0 amide bonds. The van der Waals surface area contributed by atoms with E-state index in [0.29, 0.717) is 5.56 Å². The Labute approximate surface area is 129 Å². The maximum atomic E-state index is 12.1. The maximum Gasteiger partial charge on any atom is 0.341 e. The molecule has 0 radical (unpaired) electrons. The van der Waals surface area contributed by atoms with Crippen molar-refractivity contribution in [2.45, 2.75) is 46.8 Å². The second kappa shape index (κ2) is 6.60. The number of esters is 1. The van der Waals surface area contributed by atoms with Gasteiger partial charge in [-0.15, -0.1) is 0 Å². The number of rotatable bonds is 4. The molecule has 0 aromatic carbocycles. The molecule has 6 nitrogen and oxygen atoms in total. The van der Waals surface area contributed by atoms with Gasteiger partial charge in [0, 0.05) is 6.20 Å². The molecular formula is C16H21NO5. The Bertz CT molecular complexity index is 673. The van der Waals surface area contributed by atoms with Gasteiger partial charge in [-0.25, -0.2) is 4.79 Å². The number of carboxylic acid groups (broad SMARTS) is 1. The summed E-state index contributed by atoms with van der Waals surface area (Å²) in [7, 11) is 0. The van der Waals surface area contributed by atoms with Crippen molar-refractivity contribution in [3.63, 3.8) is 0 Å². The van der Waals surface area contributed by atoms with E-state index in [9.17, 15) is 14.4 Å². The van der Waals surface area contributed by atoms with Gasteiger partial charge in [-0.3, -0.25) is 9.59 Å². The predicted molar refractivity (Wildman–Crippen MR) is 82.8 cm³/mol. The minimum absolute atomic E-state index is 0.333. The van der Waals surface area contributed by atoms with Crippen LogP contribution in [0.25, 0.3) is 6.08 Å². The zero-order chi connectivity index (χ0) is 17.1. The van der Waals surface area contributed by atoms with Crippen molar-refractivity contribution in [1.29, 1.82) is 0 Å². The van der Waals surface area contributed by atoms with Crippen LogP contribution >= 0.6 is 0 Å². The zero-order valence-corrected chi connectivity index (χ0v) is 13.5. The first-order valence-electron chi connectivity index (χ1n) is 6.84. The molecule has 0 aliphatic heterocycles. The fourth-order valence-electron chi connectivity index (χ4n) is 1.85. The van der Waals surface area contributed by atoms with Crippen LogP contribution in [-0.2, 0) is 16.1 Å². The van der Waals surface area contributed by atoms with E-state index in [2.05, 4.69) is 0 Å². The first kappa shape index (κ1) is 17.7. The zero-order valence-electron chi connectivity index (χ0n) is 13.5. The van der Waals surface area contributed by atoms with Gasteiger partial charge in [-0.1, -0.05) is 11.6 Å². The Kier molecular flexibility index (Phi) is 5.30. The topological polar surface area (TPSA) is 85.6 Å². The summed E-state index contributed by atoms with van der Waals surface area (Å²) in [4.78, 5) is 35.1. The van der Waals surface area contributed by atoms with Crippen LogP contribution in [0.3, 0.4) is 0 Å². The third-order valence-corrected chi connectivity index (χ3v) is 2.51. The molecule has 0 fully saturated rings. The average molecular weight is 307 g/mol. The van der Waals surface area contributed by atoms with E-state index in [4.69, 9.17) is 9.84 Å². The minimum atomic E-state index is -1.33. The Morgan fingerprint density at radius 2 is 1.91 bits per heavy atom. The molecule has 1 aromatic rings. The second-order valence-electron chi connectivity index (χ2n) is 6.23. The van der Waals surface area contributed by atoms with E-state index >= 15 is 0 Å². The number of hydrogen-bond donors (Lipinski definition) is 1. The minimum Gasteiger partial charge on any atom is -0.477 e. The highest BCUT2D eigenvalue weighted by Crippen LogP contribution is 2.10. The number of pyridine rings is 1. The van der Waals surface area contributed by atoms with Crippen molar-refractivity contribution >= 4 is 18.0 Å². The van der Waals surface area contributed by atoms with Gasteiger partial charge in [0.1, 0.15) is 17.7 Å². The van der Waals surface area contributed by atoms with Crippen LogP contribution in [0.5, 0.6) is 0 Å². The lowest BCUT2D eigenvalue weighted by molar-refractivity contribution is -0.155. The number of hydrogen-bond acceptors (Lipinski definition) is 4. The van der Waals surface area contributed by atoms with Crippen LogP contribution in [0.15, 0.2) is 22.6 Å². The van der Waals surface area contributed by atoms with Gasteiger partial charge in [0.15, 0.2) is 0 Å². The molecule has 22 heavy (non-hydrogen) atoms. The summed E-state index contributed by atoms with van der Waals surface area (Å²) >= 11 is 0. The number of carboxylic acids is 1. The van der Waals surface area contributed by atoms with Crippen LogP contribution in [0, 0.1) is 0 Å². The number of aromatic nitrogens is 1. The number of aromatic carboxylic acids is 1. The number of allylic oxidation sites excluding steroid dienone is 1. The lowest BCUT2D eigenvalue weighted by atomic mass is 10.1. The van der Waals surface area contributed by atoms with E-state index in [-0.39, 0.29) is 12.1 Å². The van der Waals surface area contributed by atoms with E-state index in [0.717, 1.165) is 10.1 Å². The van der Waals surface area contributed by atoms with E-state index < -0.39 is 23.1 Å². The molecule has 1 N–H and O–H groups in total. The summed E-state index contributed by atoms with van der Waals surface area (Å²) in [5.41, 5.74) is -0.296. The van der Waals surface area contributed by atoms with Gasteiger partial charge in [0.05, 0.1) is 0 Å². The third kappa shape index (κ3) is 5.20. The Hall–Kier alpha value is -2.37. The van der Waals surface area contributed by atoms with E-state index in [1.54, 1.807) is 26.8 Å². The van der Waals surface area contributed by atoms with Gasteiger partial charge in [0.25, 0.3) is 5.56 Å². The van der Waals surface area contributed by atoms with Gasteiger partial charge < -0.3 is 14.4 Å². The molecule has 0 aliphatic rings. The van der Waals surface area contributed by atoms with Gasteiger partial charge in [-0.05, 0) is 46.2 Å². The molecular weight excluding hydrogens is 286 g/mol. The standard InChI is InChI=1S/C16H21NO5/c1-10(2)6-11-7-12(15(20)21)14(19)17(8-11)9-13(18)22-16(3,4)5/h6-8H,9H2,1-5H3,(H,20,21). The molecule has 1 aromatic heterocycles. The Morgan fingerprint density at radius 3 is 2.36 bits per heavy atom. The molecule has 0 unspecified atom stereocenters. The summed E-state index contributed by atoms with van der Waals surface area (Å²) in [5.74, 6) is -1.92. The van der Waals surface area contributed by atoms with Crippen molar-refractivity contribution < 1.29 is 19.4 Å². The molecule has 0 bridgehead atoms. The monoisotopic (exact) mass is 307 g/mol. The molecule has 120 valence electrons. The van der Waals surface area contributed by atoms with Crippen LogP contribution < -0.4 is 5.56 Å². The number of carbonyl (C=O) groups excluding carboxylic acids is 1. The highest BCUT2D eigenvalue weighted by molar-refractivity contribution is 5.88. The third-order valence-electron chi connectivity index (χ3n) is 2.51. The summed E-state index contributed by atoms with van der Waals surface area (Å²) in [6, 6.07) is 1.29. The molecule has 0 saturated heterocycles. The Balaban J connectivity index is 3.26. The van der Waals surface area contributed by atoms with Gasteiger partial charge >= 0.3 is 11.9 Å². The number of nitrogens with zero attached hydrogens (tertiary/aromatic N) is 1. The molecule has 0 aliphatic carbocycles. The van der Waals surface area contributed by atoms with Crippen LogP contribution in [0.1, 0.15) is 50.5 Å². The van der Waals surface area contributed by atoms with E-state index in [1.165, 1.54) is 12.3 Å². The van der Waals surface area contributed by atoms with Crippen molar-refractivity contribution in [2.75, 3.05) is 0 Å². The summed E-state index contributed by atoms with van der Waals surface area (Å²) < 4.78 is 6.22. The maximum absolute atomic E-state index is 12.1. The van der Waals surface area contributed by atoms with Crippen molar-refractivity contribution in [1.82, 2.24) is 4.57 Å².